The van der Waals surface area contributed by atoms with Gasteiger partial charge in [-0.1, -0.05) is 22.9 Å². The molecule has 0 fully saturated rings. The highest BCUT2D eigenvalue weighted by Gasteiger charge is 2.23. The fraction of sp³-hybridized carbons (Fsp3) is 0.429. The maximum absolute atomic E-state index is 12.5. The van der Waals surface area contributed by atoms with Crippen molar-refractivity contribution in [1.82, 2.24) is 19.4 Å². The number of imidazole rings is 1. The fourth-order valence-corrected chi connectivity index (χ4v) is 3.64. The third-order valence-corrected chi connectivity index (χ3v) is 5.08. The highest BCUT2D eigenvalue weighted by atomic mass is 79.9. The van der Waals surface area contributed by atoms with Crippen molar-refractivity contribution in [3.8, 4) is 11.3 Å². The Morgan fingerprint density at radius 1 is 1.32 bits per heavy atom. The summed E-state index contributed by atoms with van der Waals surface area (Å²) in [5, 5.41) is 1.15. The summed E-state index contributed by atoms with van der Waals surface area (Å²) in [4.78, 5) is 22.1. The summed E-state index contributed by atoms with van der Waals surface area (Å²) in [7, 11) is 2.03. The molecule has 0 unspecified atom stereocenters. The van der Waals surface area contributed by atoms with Gasteiger partial charge in [0.2, 0.25) is 0 Å². The normalized spacial score (nSPS) is 11.8. The number of aromatic amines is 1. The summed E-state index contributed by atoms with van der Waals surface area (Å²) in [5.41, 5.74) is 2.60. The van der Waals surface area contributed by atoms with Gasteiger partial charge in [-0.05, 0) is 45.4 Å². The number of aryl methyl sites for hydroxylation is 1. The minimum atomic E-state index is -0.521. The molecule has 28 heavy (non-hydrogen) atoms. The number of hydrogen-bond acceptors (Lipinski definition) is 3. The number of nitrogens with one attached hydrogen (secondary N) is 1. The standard InChI is InChI=1S/C21H27BrN4O2/c1-6-10-26(20(27)28-21(2,3)4)13-18-23-12-17(24-18)15-7-8-16(22)14-9-11-25(5)19(14)15/h7-9,11-12H,6,10,13H2,1-5H3,(H,23,24). The van der Waals surface area contributed by atoms with Crippen LogP contribution >= 0.6 is 15.9 Å². The first kappa shape index (κ1) is 20.5. The molecule has 0 saturated carbocycles. The molecule has 0 radical (unpaired) electrons. The molecule has 0 atom stereocenters. The lowest BCUT2D eigenvalue weighted by atomic mass is 10.1. The van der Waals surface area contributed by atoms with Gasteiger partial charge in [0.25, 0.3) is 0 Å². The van der Waals surface area contributed by atoms with E-state index in [9.17, 15) is 4.79 Å². The smallest absolute Gasteiger partial charge is 0.410 e. The number of fused-ring (bicyclic) bond motifs is 1. The van der Waals surface area contributed by atoms with Crippen LogP contribution in [0.4, 0.5) is 4.79 Å². The topological polar surface area (TPSA) is 63.2 Å². The van der Waals surface area contributed by atoms with E-state index in [0.717, 1.165) is 38.9 Å². The minimum Gasteiger partial charge on any atom is -0.444 e. The highest BCUT2D eigenvalue weighted by Crippen LogP contribution is 2.33. The Morgan fingerprint density at radius 3 is 2.75 bits per heavy atom. The van der Waals surface area contributed by atoms with Crippen molar-refractivity contribution in [3.05, 3.63) is 40.9 Å². The quantitative estimate of drug-likeness (QED) is 0.564. The molecule has 1 aromatic carbocycles. The van der Waals surface area contributed by atoms with Crippen molar-refractivity contribution in [2.24, 2.45) is 7.05 Å². The van der Waals surface area contributed by atoms with E-state index in [-0.39, 0.29) is 6.09 Å². The van der Waals surface area contributed by atoms with E-state index < -0.39 is 5.60 Å². The largest absolute Gasteiger partial charge is 0.444 e. The number of halogens is 1. The molecular formula is C21H27BrN4O2. The lowest BCUT2D eigenvalue weighted by Crippen LogP contribution is -2.37. The zero-order chi connectivity index (χ0) is 20.5. The number of H-pyrrole nitrogens is 1. The summed E-state index contributed by atoms with van der Waals surface area (Å²) in [6.45, 7) is 8.66. The third-order valence-electron chi connectivity index (χ3n) is 4.39. The molecular weight excluding hydrogens is 420 g/mol. The molecule has 0 saturated heterocycles. The molecule has 1 N–H and O–H groups in total. The maximum atomic E-state index is 12.5. The van der Waals surface area contributed by atoms with Crippen molar-refractivity contribution in [3.63, 3.8) is 0 Å². The van der Waals surface area contributed by atoms with Crippen LogP contribution in [-0.2, 0) is 18.3 Å². The third kappa shape index (κ3) is 4.41. The minimum absolute atomic E-state index is 0.319. The Balaban J connectivity index is 1.87. The molecule has 0 aliphatic heterocycles. The summed E-state index contributed by atoms with van der Waals surface area (Å²) < 4.78 is 8.69. The van der Waals surface area contributed by atoms with Crippen LogP contribution in [0.25, 0.3) is 22.2 Å². The number of amides is 1. The van der Waals surface area contributed by atoms with Crippen LogP contribution in [0.15, 0.2) is 35.1 Å². The molecule has 3 aromatic rings. The van der Waals surface area contributed by atoms with Crippen LogP contribution in [-0.4, -0.2) is 37.7 Å². The van der Waals surface area contributed by atoms with Gasteiger partial charge >= 0.3 is 6.09 Å². The number of rotatable bonds is 5. The average molecular weight is 447 g/mol. The number of benzene rings is 1. The molecule has 0 bridgehead atoms. The van der Waals surface area contributed by atoms with Crippen molar-refractivity contribution in [2.75, 3.05) is 6.54 Å². The zero-order valence-electron chi connectivity index (χ0n) is 17.0. The lowest BCUT2D eigenvalue weighted by Gasteiger charge is -2.26. The summed E-state index contributed by atoms with van der Waals surface area (Å²) >= 11 is 3.61. The number of carbonyl (C=O) groups excluding carboxylic acids is 1. The van der Waals surface area contributed by atoms with E-state index >= 15 is 0 Å². The molecule has 1 amide bonds. The Bertz CT molecular complexity index is 984. The Kier molecular flexibility index (Phi) is 5.84. The van der Waals surface area contributed by atoms with Crippen molar-refractivity contribution < 1.29 is 9.53 Å². The second kappa shape index (κ2) is 7.99. The van der Waals surface area contributed by atoms with Crippen LogP contribution < -0.4 is 0 Å². The SMILES string of the molecule is CCCN(Cc1ncc(-c2ccc(Br)c3ccn(C)c23)[nH]1)C(=O)OC(C)(C)C. The van der Waals surface area contributed by atoms with Gasteiger partial charge in [-0.2, -0.15) is 0 Å². The van der Waals surface area contributed by atoms with Crippen molar-refractivity contribution in [2.45, 2.75) is 46.3 Å². The summed E-state index contributed by atoms with van der Waals surface area (Å²) in [5.74, 6) is 0.736. The number of nitrogens with zero attached hydrogens (tertiary/aromatic N) is 3. The van der Waals surface area contributed by atoms with Gasteiger partial charge in [0.15, 0.2) is 0 Å². The Hall–Kier alpha value is -2.28. The number of ether oxygens (including phenoxy) is 1. The predicted octanol–water partition coefficient (Wildman–Crippen LogP) is 5.48. The van der Waals surface area contributed by atoms with Gasteiger partial charge in [0.05, 0.1) is 24.0 Å². The van der Waals surface area contributed by atoms with E-state index in [1.165, 1.54) is 0 Å². The first-order chi connectivity index (χ1) is 13.2. The van der Waals surface area contributed by atoms with Gasteiger partial charge in [0, 0.05) is 35.2 Å². The second-order valence-corrected chi connectivity index (χ2v) is 8.78. The van der Waals surface area contributed by atoms with Crippen LogP contribution in [0.3, 0.4) is 0 Å². The van der Waals surface area contributed by atoms with Crippen LogP contribution in [0.1, 0.15) is 39.9 Å². The zero-order valence-corrected chi connectivity index (χ0v) is 18.6. The molecule has 7 heteroatoms. The van der Waals surface area contributed by atoms with Gasteiger partial charge in [-0.3, -0.25) is 0 Å². The monoisotopic (exact) mass is 446 g/mol. The Labute approximate surface area is 174 Å². The average Bonchev–Trinajstić information content (AvgIpc) is 3.21. The van der Waals surface area contributed by atoms with Gasteiger partial charge < -0.3 is 19.2 Å². The van der Waals surface area contributed by atoms with Gasteiger partial charge in [-0.25, -0.2) is 9.78 Å². The van der Waals surface area contributed by atoms with Gasteiger partial charge in [0.1, 0.15) is 11.4 Å². The highest BCUT2D eigenvalue weighted by molar-refractivity contribution is 9.10. The molecule has 3 rings (SSSR count). The molecule has 0 aliphatic carbocycles. The van der Waals surface area contributed by atoms with Crippen LogP contribution in [0.2, 0.25) is 0 Å². The van der Waals surface area contributed by atoms with Crippen molar-refractivity contribution >= 4 is 32.9 Å². The first-order valence-corrected chi connectivity index (χ1v) is 10.2. The van der Waals surface area contributed by atoms with E-state index in [0.29, 0.717) is 13.1 Å². The first-order valence-electron chi connectivity index (χ1n) is 9.45. The maximum Gasteiger partial charge on any atom is 0.410 e. The number of hydrogen-bond donors (Lipinski definition) is 1. The molecule has 6 nitrogen and oxygen atoms in total. The molecule has 0 aliphatic rings. The lowest BCUT2D eigenvalue weighted by molar-refractivity contribution is 0.0229. The second-order valence-electron chi connectivity index (χ2n) is 7.93. The molecule has 0 spiro atoms. The van der Waals surface area contributed by atoms with Crippen LogP contribution in [0, 0.1) is 0 Å². The Morgan fingerprint density at radius 2 is 2.07 bits per heavy atom. The van der Waals surface area contributed by atoms with Gasteiger partial charge in [-0.15, -0.1) is 0 Å². The molecule has 2 aromatic heterocycles. The van der Waals surface area contributed by atoms with Crippen LogP contribution in [0.5, 0.6) is 0 Å². The number of carbonyl (C=O) groups is 1. The fourth-order valence-electron chi connectivity index (χ4n) is 3.19. The van der Waals surface area contributed by atoms with Crippen molar-refractivity contribution in [1.29, 1.82) is 0 Å². The summed E-state index contributed by atoms with van der Waals surface area (Å²) in [6.07, 6.45) is 4.40. The predicted molar refractivity (Wildman–Crippen MR) is 115 cm³/mol. The van der Waals surface area contributed by atoms with E-state index in [2.05, 4.69) is 42.6 Å². The van der Waals surface area contributed by atoms with E-state index in [4.69, 9.17) is 4.74 Å². The number of aromatic nitrogens is 3. The summed E-state index contributed by atoms with van der Waals surface area (Å²) in [6, 6.07) is 6.20. The van der Waals surface area contributed by atoms with E-state index in [1.54, 1.807) is 4.90 Å². The van der Waals surface area contributed by atoms with E-state index in [1.807, 2.05) is 53.2 Å². The molecule has 150 valence electrons. The molecule has 2 heterocycles.